The highest BCUT2D eigenvalue weighted by Gasteiger charge is 2.37. The van der Waals surface area contributed by atoms with Crippen molar-refractivity contribution >= 4 is 16.6 Å². The summed E-state index contributed by atoms with van der Waals surface area (Å²) in [5, 5.41) is 16.7. The van der Waals surface area contributed by atoms with E-state index in [1.807, 2.05) is 0 Å². The van der Waals surface area contributed by atoms with E-state index < -0.39 is 40.4 Å². The molecule has 0 saturated carbocycles. The highest BCUT2D eigenvalue weighted by molar-refractivity contribution is 5.82. The summed E-state index contributed by atoms with van der Waals surface area (Å²) in [7, 11) is 0. The minimum Gasteiger partial charge on any atom is -0.488 e. The number of hydrogen-bond donors (Lipinski definition) is 3. The van der Waals surface area contributed by atoms with E-state index in [9.17, 15) is 27.2 Å². The van der Waals surface area contributed by atoms with Gasteiger partial charge in [-0.25, -0.2) is 24.4 Å². The summed E-state index contributed by atoms with van der Waals surface area (Å²) in [6, 6.07) is 1.93. The minimum absolute atomic E-state index is 0.0354. The first-order valence-electron chi connectivity index (χ1n) is 11.7. The number of aryl methyl sites for hydroxylation is 1. The molecule has 0 radical (unpaired) electrons. The molecular weight excluding hydrogens is 526 g/mol. The molecule has 206 valence electrons. The Kier molecular flexibility index (Phi) is 8.18. The summed E-state index contributed by atoms with van der Waals surface area (Å²) in [5.74, 6) is -0.371. The second-order valence-corrected chi connectivity index (χ2v) is 8.58. The maximum atomic E-state index is 14.9. The molecule has 0 saturated heterocycles. The zero-order valence-electron chi connectivity index (χ0n) is 20.5. The Morgan fingerprint density at radius 1 is 1.15 bits per heavy atom. The van der Waals surface area contributed by atoms with Crippen molar-refractivity contribution in [3.63, 3.8) is 0 Å². The van der Waals surface area contributed by atoms with Gasteiger partial charge in [0, 0.05) is 12.6 Å². The molecule has 1 aromatic carbocycles. The molecule has 3 heterocycles. The standard InChI is InChI=1S/C24H23F4N7O4/c1-13(33-19-11-32-34-22(37)20(19)24(26,27)28)3-2-4-35-12-31-18-8-15(17(25)7-16(18)23(35)38)21-29-9-14(10-30-21)39-6-5-36/h7-13,36H,2-6H2,1H3,(H2,33,34,37). The average molecular weight is 549 g/mol. The van der Waals surface area contributed by atoms with Gasteiger partial charge in [-0.3, -0.25) is 14.2 Å². The molecule has 0 aliphatic carbocycles. The molecule has 0 fully saturated rings. The van der Waals surface area contributed by atoms with Gasteiger partial charge in [0.25, 0.3) is 11.1 Å². The Hall–Kier alpha value is -4.40. The third kappa shape index (κ3) is 6.37. The lowest BCUT2D eigenvalue weighted by Gasteiger charge is -2.18. The van der Waals surface area contributed by atoms with Crippen molar-refractivity contribution in [3.8, 4) is 17.1 Å². The largest absolute Gasteiger partial charge is 0.488 e. The summed E-state index contributed by atoms with van der Waals surface area (Å²) >= 11 is 0. The fraction of sp³-hybridized carbons (Fsp3) is 0.333. The number of nitrogens with one attached hydrogen (secondary N) is 2. The van der Waals surface area contributed by atoms with Crippen molar-refractivity contribution in [1.82, 2.24) is 29.7 Å². The van der Waals surface area contributed by atoms with E-state index >= 15 is 0 Å². The topological polar surface area (TPSA) is 148 Å². The lowest BCUT2D eigenvalue weighted by atomic mass is 10.1. The van der Waals surface area contributed by atoms with Crippen LogP contribution in [0.25, 0.3) is 22.3 Å². The Bertz CT molecular complexity index is 1570. The number of aromatic nitrogens is 6. The second-order valence-electron chi connectivity index (χ2n) is 8.58. The first-order chi connectivity index (χ1) is 18.6. The number of fused-ring (bicyclic) bond motifs is 1. The van der Waals surface area contributed by atoms with Crippen LogP contribution in [0.3, 0.4) is 0 Å². The Balaban J connectivity index is 1.45. The molecule has 15 heteroatoms. The number of nitrogens with zero attached hydrogens (tertiary/aromatic N) is 5. The molecule has 4 aromatic rings. The van der Waals surface area contributed by atoms with Gasteiger partial charge in [0.05, 0.1) is 53.7 Å². The normalized spacial score (nSPS) is 12.5. The molecule has 1 atom stereocenters. The summed E-state index contributed by atoms with van der Waals surface area (Å²) in [4.78, 5) is 36.9. The fourth-order valence-corrected chi connectivity index (χ4v) is 3.90. The van der Waals surface area contributed by atoms with E-state index in [0.29, 0.717) is 18.6 Å². The zero-order valence-corrected chi connectivity index (χ0v) is 20.5. The molecule has 0 aliphatic heterocycles. The first-order valence-corrected chi connectivity index (χ1v) is 11.7. The summed E-state index contributed by atoms with van der Waals surface area (Å²) in [5.41, 5.74) is -3.37. The Morgan fingerprint density at radius 2 is 1.90 bits per heavy atom. The van der Waals surface area contributed by atoms with Gasteiger partial charge < -0.3 is 15.2 Å². The van der Waals surface area contributed by atoms with E-state index in [1.165, 1.54) is 29.4 Å². The predicted octanol–water partition coefficient (Wildman–Crippen LogP) is 2.75. The lowest BCUT2D eigenvalue weighted by molar-refractivity contribution is -0.138. The van der Waals surface area contributed by atoms with Crippen LogP contribution < -0.4 is 21.2 Å². The third-order valence-corrected chi connectivity index (χ3v) is 5.72. The van der Waals surface area contributed by atoms with Crippen molar-refractivity contribution < 1.29 is 27.4 Å². The predicted molar refractivity (Wildman–Crippen MR) is 132 cm³/mol. The van der Waals surface area contributed by atoms with Crippen LogP contribution in [0.1, 0.15) is 25.3 Å². The molecule has 0 amide bonds. The third-order valence-electron chi connectivity index (χ3n) is 5.72. The van der Waals surface area contributed by atoms with Gasteiger partial charge in [-0.2, -0.15) is 18.3 Å². The second kappa shape index (κ2) is 11.6. The van der Waals surface area contributed by atoms with Crippen molar-refractivity contribution in [2.75, 3.05) is 18.5 Å². The van der Waals surface area contributed by atoms with Crippen LogP contribution in [0, 0.1) is 5.82 Å². The van der Waals surface area contributed by atoms with Crippen LogP contribution in [0.15, 0.2) is 46.6 Å². The van der Waals surface area contributed by atoms with Crippen LogP contribution in [-0.4, -0.2) is 54.1 Å². The van der Waals surface area contributed by atoms with Gasteiger partial charge in [-0.05, 0) is 31.9 Å². The number of hydrogen-bond acceptors (Lipinski definition) is 9. The quantitative estimate of drug-likeness (QED) is 0.254. The zero-order chi connectivity index (χ0) is 28.2. The Morgan fingerprint density at radius 3 is 2.59 bits per heavy atom. The van der Waals surface area contributed by atoms with Crippen LogP contribution in [-0.2, 0) is 12.7 Å². The van der Waals surface area contributed by atoms with E-state index in [1.54, 1.807) is 12.0 Å². The number of anilines is 1. The molecule has 3 aromatic heterocycles. The van der Waals surface area contributed by atoms with Gasteiger partial charge in [0.15, 0.2) is 11.6 Å². The highest BCUT2D eigenvalue weighted by atomic mass is 19.4. The molecule has 3 N–H and O–H groups in total. The molecule has 0 bridgehead atoms. The SMILES string of the molecule is CC(CCCn1cnc2cc(-c3ncc(OCCO)cn3)c(F)cc2c1=O)Nc1cn[nH]c(=O)c1C(F)(F)F. The number of H-pyrrole nitrogens is 1. The van der Waals surface area contributed by atoms with Gasteiger partial charge in [0.2, 0.25) is 0 Å². The molecule has 11 nitrogen and oxygen atoms in total. The van der Waals surface area contributed by atoms with Crippen molar-refractivity contribution in [3.05, 3.63) is 69.1 Å². The number of benzene rings is 1. The van der Waals surface area contributed by atoms with Crippen LogP contribution in [0.2, 0.25) is 0 Å². The highest BCUT2D eigenvalue weighted by Crippen LogP contribution is 2.32. The van der Waals surface area contributed by atoms with Crippen LogP contribution >= 0.6 is 0 Å². The van der Waals surface area contributed by atoms with Gasteiger partial charge in [-0.1, -0.05) is 0 Å². The molecule has 39 heavy (non-hydrogen) atoms. The summed E-state index contributed by atoms with van der Waals surface area (Å²) in [6.07, 6.45) is 0.724. The number of halogens is 4. The number of ether oxygens (including phenoxy) is 1. The maximum absolute atomic E-state index is 14.9. The van der Waals surface area contributed by atoms with Gasteiger partial charge in [0.1, 0.15) is 18.0 Å². The molecule has 4 rings (SSSR count). The number of aliphatic hydroxyl groups is 1. The summed E-state index contributed by atoms with van der Waals surface area (Å²) in [6.45, 7) is 1.68. The van der Waals surface area contributed by atoms with Crippen molar-refractivity contribution in [2.24, 2.45) is 0 Å². The maximum Gasteiger partial charge on any atom is 0.423 e. The van der Waals surface area contributed by atoms with E-state index in [0.717, 1.165) is 12.3 Å². The molecular formula is C24H23F4N7O4. The number of rotatable bonds is 10. The minimum atomic E-state index is -4.86. The molecule has 1 unspecified atom stereocenters. The van der Waals surface area contributed by atoms with Crippen molar-refractivity contribution in [2.45, 2.75) is 38.5 Å². The van der Waals surface area contributed by atoms with Crippen LogP contribution in [0.4, 0.5) is 23.2 Å². The smallest absolute Gasteiger partial charge is 0.423 e. The van der Waals surface area contributed by atoms with Gasteiger partial charge >= 0.3 is 6.18 Å². The van der Waals surface area contributed by atoms with E-state index in [2.05, 4.69) is 25.4 Å². The van der Waals surface area contributed by atoms with Crippen LogP contribution in [0.5, 0.6) is 5.75 Å². The summed E-state index contributed by atoms with van der Waals surface area (Å²) < 4.78 is 61.1. The lowest BCUT2D eigenvalue weighted by Crippen LogP contribution is -2.27. The van der Waals surface area contributed by atoms with Crippen molar-refractivity contribution in [1.29, 1.82) is 0 Å². The van der Waals surface area contributed by atoms with E-state index in [-0.39, 0.29) is 42.0 Å². The Labute approximate surface area is 217 Å². The number of aromatic amines is 1. The average Bonchev–Trinajstić information content (AvgIpc) is 2.88. The fourth-order valence-electron chi connectivity index (χ4n) is 3.90. The number of alkyl halides is 3. The molecule has 0 aliphatic rings. The number of aliphatic hydroxyl groups excluding tert-OH is 1. The van der Waals surface area contributed by atoms with Gasteiger partial charge in [-0.15, -0.1) is 0 Å². The first kappa shape index (κ1) is 27.6. The molecule has 0 spiro atoms. The van der Waals surface area contributed by atoms with E-state index in [4.69, 9.17) is 9.84 Å². The monoisotopic (exact) mass is 549 g/mol.